The highest BCUT2D eigenvalue weighted by Gasteiger charge is 2.48. The van der Waals surface area contributed by atoms with E-state index in [0.717, 1.165) is 5.39 Å². The minimum Gasteiger partial charge on any atom is -0.493 e. The van der Waals surface area contributed by atoms with Gasteiger partial charge in [-0.1, -0.05) is 0 Å². The fourth-order valence-electron chi connectivity index (χ4n) is 2.08. The predicted molar refractivity (Wildman–Crippen MR) is 73.5 cm³/mol. The first-order valence-electron chi connectivity index (χ1n) is 6.42. The van der Waals surface area contributed by atoms with Crippen molar-refractivity contribution in [2.45, 2.75) is 25.6 Å². The first-order valence-corrected chi connectivity index (χ1v) is 6.42. The van der Waals surface area contributed by atoms with Gasteiger partial charge in [-0.05, 0) is 26.0 Å². The van der Waals surface area contributed by atoms with Crippen molar-refractivity contribution >= 4 is 11.0 Å². The van der Waals surface area contributed by atoms with Gasteiger partial charge >= 0.3 is 5.63 Å². The van der Waals surface area contributed by atoms with Crippen LogP contribution in [0.15, 0.2) is 33.5 Å². The average molecular weight is 276 g/mol. The first kappa shape index (κ1) is 13.0. The molecule has 5 heteroatoms. The summed E-state index contributed by atoms with van der Waals surface area (Å²) in [6, 6.07) is 6.53. The van der Waals surface area contributed by atoms with E-state index in [1.54, 1.807) is 25.3 Å². The van der Waals surface area contributed by atoms with Gasteiger partial charge < -0.3 is 18.6 Å². The zero-order chi connectivity index (χ0) is 14.3. The Hall–Kier alpha value is -2.01. The highest BCUT2D eigenvalue weighted by Crippen LogP contribution is 2.37. The Morgan fingerprint density at radius 2 is 2.00 bits per heavy atom. The zero-order valence-corrected chi connectivity index (χ0v) is 11.6. The van der Waals surface area contributed by atoms with Crippen molar-refractivity contribution in [2.75, 3.05) is 13.7 Å². The van der Waals surface area contributed by atoms with E-state index in [1.807, 2.05) is 13.8 Å². The second-order valence-electron chi connectivity index (χ2n) is 5.32. The molecule has 0 spiro atoms. The van der Waals surface area contributed by atoms with Crippen LogP contribution < -0.4 is 15.1 Å². The van der Waals surface area contributed by atoms with Gasteiger partial charge in [0, 0.05) is 17.5 Å². The number of fused-ring (bicyclic) bond motifs is 1. The molecule has 20 heavy (non-hydrogen) atoms. The Morgan fingerprint density at radius 3 is 2.65 bits per heavy atom. The van der Waals surface area contributed by atoms with Gasteiger partial charge in [0.1, 0.15) is 18.3 Å². The highest BCUT2D eigenvalue weighted by atomic mass is 16.6. The summed E-state index contributed by atoms with van der Waals surface area (Å²) in [5, 5.41) is 0.789. The third kappa shape index (κ3) is 2.36. The molecule has 0 radical (unpaired) electrons. The number of ether oxygens (including phenoxy) is 3. The number of hydrogen-bond donors (Lipinski definition) is 0. The van der Waals surface area contributed by atoms with Crippen LogP contribution in [0.3, 0.4) is 0 Å². The Bertz CT molecular complexity index is 701. The summed E-state index contributed by atoms with van der Waals surface area (Å²) < 4.78 is 21.6. The third-order valence-electron chi connectivity index (χ3n) is 3.46. The maximum atomic E-state index is 11.3. The van der Waals surface area contributed by atoms with Crippen LogP contribution in [-0.2, 0) is 4.74 Å². The number of rotatable bonds is 4. The molecule has 1 saturated heterocycles. The second-order valence-corrected chi connectivity index (χ2v) is 5.32. The second kappa shape index (κ2) is 4.52. The van der Waals surface area contributed by atoms with Gasteiger partial charge in [0.15, 0.2) is 11.5 Å². The molecule has 1 fully saturated rings. The maximum absolute atomic E-state index is 11.3. The minimum absolute atomic E-state index is 0.0747. The van der Waals surface area contributed by atoms with Crippen LogP contribution in [0.5, 0.6) is 11.5 Å². The lowest BCUT2D eigenvalue weighted by Gasteiger charge is -2.11. The Balaban J connectivity index is 1.90. The van der Waals surface area contributed by atoms with Crippen LogP contribution >= 0.6 is 0 Å². The lowest BCUT2D eigenvalue weighted by atomic mass is 10.1. The first-order chi connectivity index (χ1) is 9.49. The lowest BCUT2D eigenvalue weighted by Crippen LogP contribution is -2.12. The molecule has 2 aromatic rings. The van der Waals surface area contributed by atoms with Crippen molar-refractivity contribution in [2.24, 2.45) is 0 Å². The zero-order valence-electron chi connectivity index (χ0n) is 11.6. The molecule has 1 aliphatic rings. The van der Waals surface area contributed by atoms with Crippen molar-refractivity contribution in [3.05, 3.63) is 34.7 Å². The lowest BCUT2D eigenvalue weighted by molar-refractivity contribution is 0.246. The standard InChI is InChI=1S/C15H16O5/c1-15(2)13(20-15)8-18-12-7-10-9(6-11(12)17-3)4-5-14(16)19-10/h4-7,13H,8H2,1-3H3/t13-/m0/s1. The van der Waals surface area contributed by atoms with E-state index in [1.165, 1.54) is 6.07 Å². The van der Waals surface area contributed by atoms with E-state index in [2.05, 4.69) is 0 Å². The quantitative estimate of drug-likeness (QED) is 0.633. The van der Waals surface area contributed by atoms with E-state index >= 15 is 0 Å². The van der Waals surface area contributed by atoms with Gasteiger partial charge in [-0.3, -0.25) is 0 Å². The van der Waals surface area contributed by atoms with Crippen LogP contribution in [0.25, 0.3) is 11.0 Å². The van der Waals surface area contributed by atoms with Crippen LogP contribution in [0, 0.1) is 0 Å². The van der Waals surface area contributed by atoms with Gasteiger partial charge in [-0.15, -0.1) is 0 Å². The number of benzene rings is 1. The normalized spacial score (nSPS) is 19.9. The Morgan fingerprint density at radius 1 is 1.25 bits per heavy atom. The average Bonchev–Trinajstić information content (AvgIpc) is 3.02. The van der Waals surface area contributed by atoms with Crippen molar-refractivity contribution < 1.29 is 18.6 Å². The molecular weight excluding hydrogens is 260 g/mol. The predicted octanol–water partition coefficient (Wildman–Crippen LogP) is 2.36. The number of epoxide rings is 1. The van der Waals surface area contributed by atoms with Crippen LogP contribution in [-0.4, -0.2) is 25.4 Å². The van der Waals surface area contributed by atoms with Gasteiger partial charge in [0.2, 0.25) is 0 Å². The summed E-state index contributed by atoms with van der Waals surface area (Å²) in [4.78, 5) is 11.3. The maximum Gasteiger partial charge on any atom is 0.336 e. The Labute approximate surface area is 116 Å². The molecule has 2 heterocycles. The monoisotopic (exact) mass is 276 g/mol. The molecule has 0 saturated carbocycles. The number of hydrogen-bond acceptors (Lipinski definition) is 5. The van der Waals surface area contributed by atoms with Gasteiger partial charge in [-0.25, -0.2) is 4.79 Å². The number of methoxy groups -OCH3 is 1. The van der Waals surface area contributed by atoms with Crippen LogP contribution in [0.4, 0.5) is 0 Å². The van der Waals surface area contributed by atoms with Gasteiger partial charge in [0.25, 0.3) is 0 Å². The van der Waals surface area contributed by atoms with Gasteiger partial charge in [-0.2, -0.15) is 0 Å². The summed E-state index contributed by atoms with van der Waals surface area (Å²) >= 11 is 0. The largest absolute Gasteiger partial charge is 0.493 e. The van der Waals surface area contributed by atoms with E-state index < -0.39 is 0 Å². The molecule has 0 N–H and O–H groups in total. The Kier molecular flexibility index (Phi) is 2.94. The molecule has 1 atom stereocenters. The molecule has 1 aliphatic heterocycles. The van der Waals surface area contributed by atoms with Crippen molar-refractivity contribution in [1.82, 2.24) is 0 Å². The van der Waals surface area contributed by atoms with Crippen molar-refractivity contribution in [1.29, 1.82) is 0 Å². The summed E-state index contributed by atoms with van der Waals surface area (Å²) in [7, 11) is 1.57. The highest BCUT2D eigenvalue weighted by molar-refractivity contribution is 5.80. The molecule has 3 rings (SSSR count). The summed E-state index contributed by atoms with van der Waals surface area (Å²) in [6.07, 6.45) is 0.0747. The topological polar surface area (TPSA) is 61.2 Å². The summed E-state index contributed by atoms with van der Waals surface area (Å²) in [5.41, 5.74) is -0.0408. The van der Waals surface area contributed by atoms with E-state index in [0.29, 0.717) is 23.7 Å². The SMILES string of the molecule is COc1cc2ccc(=O)oc2cc1OC[C@@H]1OC1(C)C. The molecule has 106 valence electrons. The molecule has 5 nitrogen and oxygen atoms in total. The molecule has 0 aliphatic carbocycles. The van der Waals surface area contributed by atoms with Gasteiger partial charge in [0.05, 0.1) is 12.7 Å². The van der Waals surface area contributed by atoms with Crippen LogP contribution in [0.1, 0.15) is 13.8 Å². The van der Waals surface area contributed by atoms with E-state index in [4.69, 9.17) is 18.6 Å². The minimum atomic E-state index is -0.389. The fraction of sp³-hybridized carbons (Fsp3) is 0.400. The molecule has 0 amide bonds. The van der Waals surface area contributed by atoms with Crippen molar-refractivity contribution in [3.63, 3.8) is 0 Å². The molecule has 0 unspecified atom stereocenters. The molecule has 0 bridgehead atoms. The summed E-state index contributed by atoms with van der Waals surface area (Å²) in [5.74, 6) is 1.14. The van der Waals surface area contributed by atoms with E-state index in [9.17, 15) is 4.79 Å². The van der Waals surface area contributed by atoms with Crippen molar-refractivity contribution in [3.8, 4) is 11.5 Å². The molecule has 1 aromatic carbocycles. The van der Waals surface area contributed by atoms with E-state index in [-0.39, 0.29) is 17.3 Å². The smallest absolute Gasteiger partial charge is 0.336 e. The summed E-state index contributed by atoms with van der Waals surface area (Å²) in [6.45, 7) is 4.46. The molecular formula is C15H16O5. The molecule has 1 aromatic heterocycles. The fourth-order valence-corrected chi connectivity index (χ4v) is 2.08. The third-order valence-corrected chi connectivity index (χ3v) is 3.46. The van der Waals surface area contributed by atoms with Crippen LogP contribution in [0.2, 0.25) is 0 Å².